The molecule has 2 aromatic rings. The van der Waals surface area contributed by atoms with Gasteiger partial charge in [0.15, 0.2) is 5.79 Å². The first-order chi connectivity index (χ1) is 13.5. The van der Waals surface area contributed by atoms with Crippen molar-refractivity contribution in [1.82, 2.24) is 0 Å². The van der Waals surface area contributed by atoms with Crippen LogP contribution in [0.5, 0.6) is 0 Å². The van der Waals surface area contributed by atoms with E-state index in [1.807, 2.05) is 0 Å². The Kier molecular flexibility index (Phi) is 5.37. The molecule has 2 aromatic carbocycles. The predicted molar refractivity (Wildman–Crippen MR) is 114 cm³/mol. The zero-order valence-electron chi connectivity index (χ0n) is 18.0. The fraction of sp³-hybridized carbons (Fsp3) is 0.538. The third-order valence-corrected chi connectivity index (χ3v) is 7.36. The predicted octanol–water partition coefficient (Wildman–Crippen LogP) is 6.24. The van der Waals surface area contributed by atoms with Gasteiger partial charge < -0.3 is 9.47 Å². The summed E-state index contributed by atoms with van der Waals surface area (Å²) in [6, 6.07) is 15.9. The van der Waals surface area contributed by atoms with Crippen LogP contribution in [0.4, 0.5) is 0 Å². The van der Waals surface area contributed by atoms with Crippen LogP contribution in [0.25, 0.3) is 0 Å². The van der Waals surface area contributed by atoms with Crippen LogP contribution in [-0.2, 0) is 34.7 Å². The molecular weight excluding hydrogens is 344 g/mol. The third-order valence-electron chi connectivity index (χ3n) is 7.36. The van der Waals surface area contributed by atoms with Gasteiger partial charge in [-0.2, -0.15) is 0 Å². The molecule has 0 amide bonds. The van der Waals surface area contributed by atoms with Crippen LogP contribution >= 0.6 is 0 Å². The molecule has 0 aromatic heterocycles. The van der Waals surface area contributed by atoms with E-state index in [9.17, 15) is 0 Å². The normalized spacial score (nSPS) is 31.9. The second kappa shape index (κ2) is 7.65. The Bertz CT molecular complexity index is 823. The molecule has 150 valence electrons. The van der Waals surface area contributed by atoms with Gasteiger partial charge in [0.2, 0.25) is 0 Å². The smallest absolute Gasteiger partial charge is 0.198 e. The summed E-state index contributed by atoms with van der Waals surface area (Å²) in [6.45, 7) is 12.1. The average Bonchev–Trinajstić information content (AvgIpc) is 3.08. The maximum absolute atomic E-state index is 6.72. The van der Waals surface area contributed by atoms with Crippen LogP contribution in [0.15, 0.2) is 42.5 Å². The van der Waals surface area contributed by atoms with Crippen molar-refractivity contribution in [3.05, 3.63) is 70.3 Å². The van der Waals surface area contributed by atoms with Crippen LogP contribution in [0.1, 0.15) is 68.9 Å². The highest BCUT2D eigenvalue weighted by Gasteiger charge is 2.54. The summed E-state index contributed by atoms with van der Waals surface area (Å²) in [7, 11) is 0. The van der Waals surface area contributed by atoms with Crippen LogP contribution in [0.3, 0.4) is 0 Å². The highest BCUT2D eigenvalue weighted by molar-refractivity contribution is 5.40. The highest BCUT2D eigenvalue weighted by atomic mass is 16.7. The first-order valence-electron chi connectivity index (χ1n) is 11.0. The minimum Gasteiger partial charge on any atom is -0.342 e. The zero-order chi connectivity index (χ0) is 19.9. The van der Waals surface area contributed by atoms with Gasteiger partial charge in [-0.15, -0.1) is 0 Å². The Morgan fingerprint density at radius 2 is 1.57 bits per heavy atom. The molecule has 2 heterocycles. The van der Waals surface area contributed by atoms with Gasteiger partial charge in [0.25, 0.3) is 0 Å². The maximum atomic E-state index is 6.72. The lowest BCUT2D eigenvalue weighted by Crippen LogP contribution is -2.51. The molecule has 2 heteroatoms. The lowest BCUT2D eigenvalue weighted by Gasteiger charge is -2.49. The van der Waals surface area contributed by atoms with Crippen molar-refractivity contribution in [2.75, 3.05) is 0 Å². The Hall–Kier alpha value is -1.64. The van der Waals surface area contributed by atoms with E-state index < -0.39 is 5.79 Å². The summed E-state index contributed by atoms with van der Waals surface area (Å²) < 4.78 is 13.1. The molecule has 0 radical (unpaired) electrons. The van der Waals surface area contributed by atoms with E-state index in [-0.39, 0.29) is 6.10 Å². The van der Waals surface area contributed by atoms with E-state index >= 15 is 0 Å². The van der Waals surface area contributed by atoms with Gasteiger partial charge in [0.1, 0.15) is 0 Å². The van der Waals surface area contributed by atoms with Crippen molar-refractivity contribution >= 4 is 0 Å². The standard InChI is InChI=1S/C26H34O2/c1-6-20-8-10-21(11-9-20)14-22-12-13-23-16-27-26(24(23)15-22)19(5)17(3)18(4)25(7-2)28-26/h8-13,15,17-19,25H,6-7,14,16H2,1-5H3/t17-,18-,19+,25+,26+/m0/s1. The molecule has 0 bridgehead atoms. The molecule has 1 spiro atoms. The number of hydrogen-bond acceptors (Lipinski definition) is 2. The third kappa shape index (κ3) is 3.21. The molecule has 0 unspecified atom stereocenters. The summed E-state index contributed by atoms with van der Waals surface area (Å²) in [6.07, 6.45) is 3.32. The average molecular weight is 379 g/mol. The summed E-state index contributed by atoms with van der Waals surface area (Å²) in [5.41, 5.74) is 6.63. The zero-order valence-corrected chi connectivity index (χ0v) is 18.0. The molecule has 0 saturated carbocycles. The fourth-order valence-corrected chi connectivity index (χ4v) is 5.08. The molecule has 2 aliphatic rings. The van der Waals surface area contributed by atoms with Gasteiger partial charge in [-0.1, -0.05) is 71.0 Å². The molecule has 0 N–H and O–H groups in total. The van der Waals surface area contributed by atoms with E-state index in [1.54, 1.807) is 0 Å². The van der Waals surface area contributed by atoms with Crippen LogP contribution in [-0.4, -0.2) is 6.10 Å². The summed E-state index contributed by atoms with van der Waals surface area (Å²) in [5.74, 6) is 0.878. The van der Waals surface area contributed by atoms with Gasteiger partial charge in [0.05, 0.1) is 12.7 Å². The quantitative estimate of drug-likeness (QED) is 0.627. The van der Waals surface area contributed by atoms with Crippen molar-refractivity contribution in [2.45, 2.75) is 72.4 Å². The SMILES string of the molecule is CCc1ccc(Cc2ccc3c(c2)[C@]2(OC3)O[C@H](CC)[C@@H](C)[C@H](C)[C@H]2C)cc1. The van der Waals surface area contributed by atoms with Crippen LogP contribution in [0, 0.1) is 17.8 Å². The van der Waals surface area contributed by atoms with Crippen LogP contribution < -0.4 is 0 Å². The molecule has 2 nitrogen and oxygen atoms in total. The van der Waals surface area contributed by atoms with Gasteiger partial charge in [-0.3, -0.25) is 0 Å². The fourth-order valence-electron chi connectivity index (χ4n) is 5.08. The second-order valence-corrected chi connectivity index (χ2v) is 8.87. The number of fused-ring (bicyclic) bond motifs is 2. The Balaban J connectivity index is 1.66. The first kappa shape index (κ1) is 19.7. The van der Waals surface area contributed by atoms with E-state index in [0.29, 0.717) is 24.4 Å². The molecule has 28 heavy (non-hydrogen) atoms. The van der Waals surface area contributed by atoms with E-state index in [0.717, 1.165) is 19.3 Å². The van der Waals surface area contributed by atoms with E-state index in [1.165, 1.54) is 27.8 Å². The van der Waals surface area contributed by atoms with Gasteiger partial charge >= 0.3 is 0 Å². The Morgan fingerprint density at radius 1 is 0.893 bits per heavy atom. The molecule has 5 atom stereocenters. The van der Waals surface area contributed by atoms with E-state index in [4.69, 9.17) is 9.47 Å². The minimum absolute atomic E-state index is 0.252. The number of aryl methyl sites for hydroxylation is 1. The molecule has 4 rings (SSSR count). The molecular formula is C26H34O2. The van der Waals surface area contributed by atoms with Crippen molar-refractivity contribution in [3.8, 4) is 0 Å². The lowest BCUT2D eigenvalue weighted by atomic mass is 9.72. The number of benzene rings is 2. The minimum atomic E-state index is -0.579. The largest absolute Gasteiger partial charge is 0.342 e. The van der Waals surface area contributed by atoms with E-state index in [2.05, 4.69) is 77.1 Å². The van der Waals surface area contributed by atoms with Crippen molar-refractivity contribution in [2.24, 2.45) is 17.8 Å². The maximum Gasteiger partial charge on any atom is 0.198 e. The molecule has 1 fully saturated rings. The van der Waals surface area contributed by atoms with Crippen molar-refractivity contribution in [3.63, 3.8) is 0 Å². The number of hydrogen-bond donors (Lipinski definition) is 0. The second-order valence-electron chi connectivity index (χ2n) is 8.87. The van der Waals surface area contributed by atoms with Crippen LogP contribution in [0.2, 0.25) is 0 Å². The van der Waals surface area contributed by atoms with Crippen molar-refractivity contribution < 1.29 is 9.47 Å². The van der Waals surface area contributed by atoms with Gasteiger partial charge in [0, 0.05) is 11.5 Å². The topological polar surface area (TPSA) is 18.5 Å². The van der Waals surface area contributed by atoms with Gasteiger partial charge in [-0.05, 0) is 59.4 Å². The molecule has 1 saturated heterocycles. The molecule has 0 aliphatic carbocycles. The Morgan fingerprint density at radius 3 is 2.25 bits per heavy atom. The summed E-state index contributed by atoms with van der Waals surface area (Å²) in [4.78, 5) is 0. The lowest BCUT2D eigenvalue weighted by molar-refractivity contribution is -0.331. The summed E-state index contributed by atoms with van der Waals surface area (Å²) >= 11 is 0. The van der Waals surface area contributed by atoms with Gasteiger partial charge in [-0.25, -0.2) is 0 Å². The Labute approximate surface area is 170 Å². The first-order valence-corrected chi connectivity index (χ1v) is 11.0. The number of rotatable bonds is 4. The summed E-state index contributed by atoms with van der Waals surface area (Å²) in [5, 5.41) is 0. The monoisotopic (exact) mass is 378 g/mol. The molecule has 2 aliphatic heterocycles. The van der Waals surface area contributed by atoms with Crippen molar-refractivity contribution in [1.29, 1.82) is 0 Å². The highest BCUT2D eigenvalue weighted by Crippen LogP contribution is 2.52. The number of ether oxygens (including phenoxy) is 2.